The Kier molecular flexibility index (Phi) is 9.04. The van der Waals surface area contributed by atoms with Crippen molar-refractivity contribution in [2.45, 2.75) is 30.6 Å². The van der Waals surface area contributed by atoms with E-state index in [9.17, 15) is 4.79 Å². The Bertz CT molecular complexity index is 131. The van der Waals surface area contributed by atoms with E-state index in [2.05, 4.69) is 6.92 Å². The van der Waals surface area contributed by atoms with Crippen LogP contribution in [-0.2, 0) is 9.53 Å². The minimum absolute atomic E-state index is 0.164. The zero-order chi connectivity index (χ0) is 9.40. The van der Waals surface area contributed by atoms with Crippen LogP contribution in [0.1, 0.15) is 26.2 Å². The van der Waals surface area contributed by atoms with E-state index >= 15 is 0 Å². The minimum atomic E-state index is -2.10. The Hall–Kier alpha value is 0.849. The summed E-state index contributed by atoms with van der Waals surface area (Å²) in [5, 5.41) is 0. The molecule has 0 saturated carbocycles. The van der Waals surface area contributed by atoms with E-state index in [0.717, 1.165) is 12.8 Å². The van der Waals surface area contributed by atoms with Crippen molar-refractivity contribution in [3.8, 4) is 0 Å². The summed E-state index contributed by atoms with van der Waals surface area (Å²) in [7, 11) is 11.3. The van der Waals surface area contributed by atoms with Crippen LogP contribution in [0.4, 0.5) is 0 Å². The van der Waals surface area contributed by atoms with Gasteiger partial charge in [0.25, 0.3) is 0 Å². The molecule has 0 unspecified atom stereocenters. The zero-order valence-electron chi connectivity index (χ0n) is 7.11. The molecule has 2 nitrogen and oxygen atoms in total. The Morgan fingerprint density at radius 1 is 1.50 bits per heavy atom. The molecule has 0 amide bonds. The molecule has 0 aliphatic rings. The van der Waals surface area contributed by atoms with Gasteiger partial charge in [-0.15, -0.1) is 0 Å². The fourth-order valence-corrected chi connectivity index (χ4v) is 2.99. The second-order valence-corrected chi connectivity index (χ2v) is 13.2. The molecule has 0 fully saturated rings. The Morgan fingerprint density at radius 3 is 2.67 bits per heavy atom. The molecule has 0 bridgehead atoms. The van der Waals surface area contributed by atoms with Crippen LogP contribution in [0.25, 0.3) is 0 Å². The molecule has 0 rings (SSSR count). The first-order valence-electron chi connectivity index (χ1n) is 3.99. The predicted octanol–water partition coefficient (Wildman–Crippen LogP) is 2.69. The molecule has 5 heteroatoms. The molecule has 0 aromatic carbocycles. The van der Waals surface area contributed by atoms with Crippen molar-refractivity contribution in [2.24, 2.45) is 0 Å². The quantitative estimate of drug-likeness (QED) is 0.427. The molecule has 0 aromatic rings. The third kappa shape index (κ3) is 8.94. The molecule has 0 aliphatic heterocycles. The van der Waals surface area contributed by atoms with Crippen LogP contribution in [-0.4, -0.2) is 30.1 Å². The van der Waals surface area contributed by atoms with Crippen LogP contribution >= 0.6 is 17.8 Å². The number of carbonyl (C=O) groups excluding carboxylic acids is 1. The van der Waals surface area contributed by atoms with Crippen molar-refractivity contribution in [1.82, 2.24) is 0 Å². The van der Waals surface area contributed by atoms with Gasteiger partial charge in [0.2, 0.25) is 0 Å². The maximum absolute atomic E-state index is 10.9. The van der Waals surface area contributed by atoms with Gasteiger partial charge in [-0.1, -0.05) is 0 Å². The maximum atomic E-state index is 10.9. The van der Waals surface area contributed by atoms with Crippen molar-refractivity contribution in [1.29, 1.82) is 0 Å². The summed E-state index contributed by atoms with van der Waals surface area (Å²) < 4.78 is 5.57. The molecule has 71 valence electrons. The van der Waals surface area contributed by atoms with Gasteiger partial charge in [0, 0.05) is 0 Å². The molecule has 1 radical (unpaired) electrons. The summed E-state index contributed by atoms with van der Waals surface area (Å²) >= 11 is -2.10. The van der Waals surface area contributed by atoms with E-state index in [1.165, 1.54) is 0 Å². The van der Waals surface area contributed by atoms with Gasteiger partial charge in [-0.25, -0.2) is 0 Å². The van der Waals surface area contributed by atoms with E-state index in [0.29, 0.717) is 17.5 Å². The second kappa shape index (κ2) is 8.45. The average molecular weight is 319 g/mol. The van der Waals surface area contributed by atoms with E-state index < -0.39 is 17.5 Å². The van der Waals surface area contributed by atoms with Crippen molar-refractivity contribution in [3.05, 3.63) is 0 Å². The van der Waals surface area contributed by atoms with Crippen LogP contribution in [0, 0.1) is 0 Å². The van der Waals surface area contributed by atoms with Crippen LogP contribution < -0.4 is 0 Å². The number of halogens is 2. The van der Waals surface area contributed by atoms with Gasteiger partial charge < -0.3 is 0 Å². The van der Waals surface area contributed by atoms with Gasteiger partial charge in [-0.3, -0.25) is 0 Å². The Morgan fingerprint density at radius 2 is 2.17 bits per heavy atom. The molecule has 0 heterocycles. The number of rotatable bonds is 6. The number of hydrogen-bond acceptors (Lipinski definition) is 2. The average Bonchev–Trinajstić information content (AvgIpc) is 2.01. The Labute approximate surface area is 87.7 Å². The van der Waals surface area contributed by atoms with Crippen LogP contribution in [0.2, 0.25) is 4.44 Å². The standard InChI is InChI=1S/C7H13O2.2ClH.Sn/c1-3-5-6-9-7(8)4-2;;;/h2-6H2,1H3;2*1H;/q;;;+2/p-2. The van der Waals surface area contributed by atoms with Crippen molar-refractivity contribution in [3.63, 3.8) is 0 Å². The second-order valence-electron chi connectivity index (χ2n) is 2.41. The van der Waals surface area contributed by atoms with Crippen LogP contribution in [0.15, 0.2) is 0 Å². The van der Waals surface area contributed by atoms with Gasteiger partial charge in [-0.2, -0.15) is 0 Å². The number of esters is 1. The molecule has 12 heavy (non-hydrogen) atoms. The fraction of sp³-hybridized carbons (Fsp3) is 0.857. The monoisotopic (exact) mass is 319 g/mol. The van der Waals surface area contributed by atoms with Gasteiger partial charge in [0.15, 0.2) is 0 Å². The number of carbonyl (C=O) groups is 1. The molecule has 0 spiro atoms. The summed E-state index contributed by atoms with van der Waals surface area (Å²) in [4.78, 5) is 10.9. The van der Waals surface area contributed by atoms with Crippen molar-refractivity contribution >= 4 is 41.3 Å². The molecule has 0 aliphatic carbocycles. The molecular weight excluding hydrogens is 306 g/mol. The SMILES string of the molecule is CCCCOC(=O)C[CH2][Sn]([Cl])[Cl]. The fourth-order valence-electron chi connectivity index (χ4n) is 0.599. The third-order valence-electron chi connectivity index (χ3n) is 1.28. The molecule has 0 N–H and O–H groups in total. The third-order valence-corrected chi connectivity index (χ3v) is 5.61. The van der Waals surface area contributed by atoms with Gasteiger partial charge in [0.1, 0.15) is 0 Å². The predicted molar refractivity (Wildman–Crippen MR) is 52.8 cm³/mol. The van der Waals surface area contributed by atoms with Gasteiger partial charge in [0.05, 0.1) is 0 Å². The first-order chi connectivity index (χ1) is 5.66. The molecule has 0 atom stereocenters. The van der Waals surface area contributed by atoms with E-state index in [1.54, 1.807) is 0 Å². The van der Waals surface area contributed by atoms with Crippen LogP contribution in [0.5, 0.6) is 0 Å². The number of hydrogen-bond donors (Lipinski definition) is 0. The van der Waals surface area contributed by atoms with E-state index in [1.807, 2.05) is 0 Å². The first-order valence-corrected chi connectivity index (χ1v) is 13.2. The molecular formula is C7H13Cl2O2Sn. The zero-order valence-corrected chi connectivity index (χ0v) is 11.5. The topological polar surface area (TPSA) is 26.3 Å². The first kappa shape index (κ1) is 12.8. The van der Waals surface area contributed by atoms with Gasteiger partial charge >= 0.3 is 88.1 Å². The summed E-state index contributed by atoms with van der Waals surface area (Å²) in [6, 6.07) is 0. The summed E-state index contributed by atoms with van der Waals surface area (Å²) in [6.07, 6.45) is 2.36. The Balaban J connectivity index is 3.22. The summed E-state index contributed by atoms with van der Waals surface area (Å²) in [5.41, 5.74) is 0. The van der Waals surface area contributed by atoms with E-state index in [4.69, 9.17) is 22.6 Å². The summed E-state index contributed by atoms with van der Waals surface area (Å²) in [6.45, 7) is 2.58. The van der Waals surface area contributed by atoms with Crippen LogP contribution in [0.3, 0.4) is 0 Å². The molecule has 0 saturated heterocycles. The van der Waals surface area contributed by atoms with E-state index in [-0.39, 0.29) is 5.97 Å². The van der Waals surface area contributed by atoms with Crippen molar-refractivity contribution in [2.75, 3.05) is 6.61 Å². The van der Waals surface area contributed by atoms with Crippen molar-refractivity contribution < 1.29 is 9.53 Å². The normalized spacial score (nSPS) is 10.3. The number of ether oxygens (including phenoxy) is 1. The molecule has 0 aromatic heterocycles. The summed E-state index contributed by atoms with van der Waals surface area (Å²) in [5.74, 6) is -0.164. The van der Waals surface area contributed by atoms with Gasteiger partial charge in [-0.05, 0) is 0 Å². The number of unbranched alkanes of at least 4 members (excludes halogenated alkanes) is 1.